The van der Waals surface area contributed by atoms with E-state index in [1.165, 1.54) is 0 Å². The summed E-state index contributed by atoms with van der Waals surface area (Å²) < 4.78 is 4.98. The van der Waals surface area contributed by atoms with Crippen molar-refractivity contribution in [3.8, 4) is 0 Å². The zero-order valence-corrected chi connectivity index (χ0v) is 11.6. The van der Waals surface area contributed by atoms with Crippen LogP contribution in [0, 0.1) is 5.41 Å². The van der Waals surface area contributed by atoms with Gasteiger partial charge in [-0.2, -0.15) is 0 Å². The van der Waals surface area contributed by atoms with Crippen molar-refractivity contribution in [1.29, 1.82) is 0 Å². The van der Waals surface area contributed by atoms with Crippen molar-refractivity contribution in [2.45, 2.75) is 46.7 Å². The molecule has 96 valence electrons. The van der Waals surface area contributed by atoms with E-state index < -0.39 is 0 Å². The number of methoxy groups -OCH3 is 1. The van der Waals surface area contributed by atoms with E-state index in [0.717, 1.165) is 0 Å². The average Bonchev–Trinajstić information content (AvgIpc) is 2.14. The Morgan fingerprint density at radius 1 is 1.38 bits per heavy atom. The number of rotatable bonds is 4. The number of ether oxygens (including phenoxy) is 1. The molecular weight excluding hydrogens is 204 g/mol. The molecule has 0 rings (SSSR count). The molecule has 0 heterocycles. The summed E-state index contributed by atoms with van der Waals surface area (Å²) in [6.07, 6.45) is 0. The van der Waals surface area contributed by atoms with Crippen LogP contribution in [0.2, 0.25) is 0 Å². The number of nitrogens with zero attached hydrogens (tertiary/aromatic N) is 1. The molecule has 0 aliphatic rings. The Bertz CT molecular complexity index is 224. The first-order valence-corrected chi connectivity index (χ1v) is 5.72. The van der Waals surface area contributed by atoms with Crippen LogP contribution in [0.25, 0.3) is 0 Å². The van der Waals surface area contributed by atoms with E-state index in [1.807, 2.05) is 14.0 Å². The van der Waals surface area contributed by atoms with Gasteiger partial charge in [0.2, 0.25) is 0 Å². The van der Waals surface area contributed by atoms with Crippen LogP contribution >= 0.6 is 0 Å². The van der Waals surface area contributed by atoms with E-state index in [9.17, 15) is 4.79 Å². The number of carbonyl (C=O) groups excluding carboxylic acids is 1. The second-order valence-corrected chi connectivity index (χ2v) is 5.46. The Morgan fingerprint density at radius 2 is 1.88 bits per heavy atom. The van der Waals surface area contributed by atoms with Gasteiger partial charge in [0.1, 0.15) is 0 Å². The highest BCUT2D eigenvalue weighted by atomic mass is 16.5. The molecule has 2 unspecified atom stereocenters. The SMILES string of the molecule is COCC(C)NC(=O)N(C)C(C)C(C)(C)C. The van der Waals surface area contributed by atoms with Crippen LogP contribution in [-0.2, 0) is 4.74 Å². The molecule has 0 aliphatic heterocycles. The first-order valence-electron chi connectivity index (χ1n) is 5.72. The Morgan fingerprint density at radius 3 is 2.25 bits per heavy atom. The van der Waals surface area contributed by atoms with Gasteiger partial charge in [-0.05, 0) is 19.3 Å². The number of urea groups is 1. The van der Waals surface area contributed by atoms with Gasteiger partial charge in [-0.25, -0.2) is 4.79 Å². The third kappa shape index (κ3) is 4.84. The molecule has 2 amide bonds. The van der Waals surface area contributed by atoms with Crippen molar-refractivity contribution < 1.29 is 9.53 Å². The minimum Gasteiger partial charge on any atom is -0.383 e. The lowest BCUT2D eigenvalue weighted by Crippen LogP contribution is -2.50. The van der Waals surface area contributed by atoms with Crippen LogP contribution in [0.1, 0.15) is 34.6 Å². The maximum atomic E-state index is 11.9. The van der Waals surface area contributed by atoms with Gasteiger partial charge < -0.3 is 15.0 Å². The number of hydrogen-bond acceptors (Lipinski definition) is 2. The predicted molar refractivity (Wildman–Crippen MR) is 66.5 cm³/mol. The molecule has 0 radical (unpaired) electrons. The van der Waals surface area contributed by atoms with Crippen LogP contribution in [0.4, 0.5) is 4.79 Å². The Balaban J connectivity index is 4.28. The number of amides is 2. The summed E-state index contributed by atoms with van der Waals surface area (Å²) in [5.41, 5.74) is 0.0799. The molecule has 4 nitrogen and oxygen atoms in total. The van der Waals surface area contributed by atoms with E-state index in [2.05, 4.69) is 33.0 Å². The smallest absolute Gasteiger partial charge is 0.317 e. The minimum absolute atomic E-state index is 0.0344. The van der Waals surface area contributed by atoms with Crippen LogP contribution in [0.3, 0.4) is 0 Å². The number of hydrogen-bond donors (Lipinski definition) is 1. The van der Waals surface area contributed by atoms with E-state index in [4.69, 9.17) is 4.74 Å². The zero-order chi connectivity index (χ0) is 12.9. The largest absolute Gasteiger partial charge is 0.383 e. The molecule has 0 aromatic carbocycles. The Kier molecular flexibility index (Phi) is 5.79. The number of carbonyl (C=O) groups is 1. The molecule has 4 heteroatoms. The lowest BCUT2D eigenvalue weighted by molar-refractivity contribution is 0.133. The second-order valence-electron chi connectivity index (χ2n) is 5.46. The normalized spacial score (nSPS) is 15.4. The highest BCUT2D eigenvalue weighted by Crippen LogP contribution is 2.22. The predicted octanol–water partition coefficient (Wildman–Crippen LogP) is 2.10. The third-order valence-electron chi connectivity index (χ3n) is 2.94. The van der Waals surface area contributed by atoms with Crippen LogP contribution in [0.15, 0.2) is 0 Å². The van der Waals surface area contributed by atoms with Gasteiger partial charge >= 0.3 is 6.03 Å². The molecule has 0 aliphatic carbocycles. The first-order chi connectivity index (χ1) is 7.20. The monoisotopic (exact) mass is 230 g/mol. The molecule has 2 atom stereocenters. The van der Waals surface area contributed by atoms with E-state index in [1.54, 1.807) is 12.0 Å². The fraction of sp³-hybridized carbons (Fsp3) is 0.917. The van der Waals surface area contributed by atoms with Crippen molar-refractivity contribution >= 4 is 6.03 Å². The summed E-state index contributed by atoms with van der Waals surface area (Å²) in [6.45, 7) is 10.9. The maximum Gasteiger partial charge on any atom is 0.317 e. The van der Waals surface area contributed by atoms with Crippen molar-refractivity contribution in [2.24, 2.45) is 5.41 Å². The Labute approximate surface area is 99.3 Å². The van der Waals surface area contributed by atoms with Crippen molar-refractivity contribution in [2.75, 3.05) is 20.8 Å². The lowest BCUT2D eigenvalue weighted by atomic mass is 9.87. The molecule has 0 aromatic rings. The van der Waals surface area contributed by atoms with Crippen molar-refractivity contribution in [3.63, 3.8) is 0 Å². The summed E-state index contributed by atoms with van der Waals surface area (Å²) in [7, 11) is 3.45. The van der Waals surface area contributed by atoms with Crippen LogP contribution < -0.4 is 5.32 Å². The highest BCUT2D eigenvalue weighted by molar-refractivity contribution is 5.74. The second kappa shape index (κ2) is 6.09. The van der Waals surface area contributed by atoms with Gasteiger partial charge in [0, 0.05) is 20.2 Å². The number of nitrogens with one attached hydrogen (secondary N) is 1. The van der Waals surface area contributed by atoms with Gasteiger partial charge in [-0.1, -0.05) is 20.8 Å². The van der Waals surface area contributed by atoms with Crippen molar-refractivity contribution in [1.82, 2.24) is 10.2 Å². The molecule has 0 saturated heterocycles. The van der Waals surface area contributed by atoms with Gasteiger partial charge in [-0.15, -0.1) is 0 Å². The lowest BCUT2D eigenvalue weighted by Gasteiger charge is -2.35. The molecule has 16 heavy (non-hydrogen) atoms. The average molecular weight is 230 g/mol. The molecule has 0 spiro atoms. The van der Waals surface area contributed by atoms with Crippen LogP contribution in [-0.4, -0.2) is 43.8 Å². The summed E-state index contributed by atoms with van der Waals surface area (Å²) in [5.74, 6) is 0. The van der Waals surface area contributed by atoms with Crippen molar-refractivity contribution in [3.05, 3.63) is 0 Å². The van der Waals surface area contributed by atoms with Gasteiger partial charge in [0.15, 0.2) is 0 Å². The molecule has 1 N–H and O–H groups in total. The minimum atomic E-state index is -0.0491. The molecule has 0 aromatic heterocycles. The fourth-order valence-electron chi connectivity index (χ4n) is 1.36. The third-order valence-corrected chi connectivity index (χ3v) is 2.94. The maximum absolute atomic E-state index is 11.9. The molecule has 0 fully saturated rings. The van der Waals surface area contributed by atoms with E-state index >= 15 is 0 Å². The molecule has 0 saturated carbocycles. The van der Waals surface area contributed by atoms with E-state index in [0.29, 0.717) is 6.61 Å². The molecular formula is C12H26N2O2. The summed E-state index contributed by atoms with van der Waals surface area (Å²) >= 11 is 0. The molecule has 0 bridgehead atoms. The van der Waals surface area contributed by atoms with Gasteiger partial charge in [-0.3, -0.25) is 0 Å². The quantitative estimate of drug-likeness (QED) is 0.803. The van der Waals surface area contributed by atoms with E-state index in [-0.39, 0.29) is 23.5 Å². The fourth-order valence-corrected chi connectivity index (χ4v) is 1.36. The highest BCUT2D eigenvalue weighted by Gasteiger charge is 2.27. The summed E-state index contributed by atoms with van der Waals surface area (Å²) in [6, 6.07) is 0.168. The Hall–Kier alpha value is -0.770. The first kappa shape index (κ1) is 15.2. The topological polar surface area (TPSA) is 41.6 Å². The van der Waals surface area contributed by atoms with Gasteiger partial charge in [0.25, 0.3) is 0 Å². The summed E-state index contributed by atoms with van der Waals surface area (Å²) in [5, 5.41) is 2.90. The zero-order valence-electron chi connectivity index (χ0n) is 11.6. The van der Waals surface area contributed by atoms with Gasteiger partial charge in [0.05, 0.1) is 12.6 Å². The van der Waals surface area contributed by atoms with Crippen LogP contribution in [0.5, 0.6) is 0 Å². The summed E-state index contributed by atoms with van der Waals surface area (Å²) in [4.78, 5) is 13.6. The standard InChI is InChI=1S/C12H26N2O2/c1-9(8-16-7)13-11(15)14(6)10(2)12(3,4)5/h9-10H,8H2,1-7H3,(H,13,15).